The third-order valence-corrected chi connectivity index (χ3v) is 5.54. The van der Waals surface area contributed by atoms with Crippen molar-refractivity contribution >= 4 is 28.5 Å². The number of amides is 2. The molecule has 0 spiro atoms. The van der Waals surface area contributed by atoms with Gasteiger partial charge in [0.15, 0.2) is 0 Å². The Morgan fingerprint density at radius 1 is 1.03 bits per heavy atom. The van der Waals surface area contributed by atoms with Crippen LogP contribution in [-0.4, -0.2) is 39.8 Å². The number of rotatable bonds is 3. The molecule has 3 heterocycles. The smallest absolute Gasteiger partial charge is 0.254 e. The first-order valence-electron chi connectivity index (χ1n) is 10.3. The summed E-state index contributed by atoms with van der Waals surface area (Å²) in [4.78, 5) is 36.9. The van der Waals surface area contributed by atoms with E-state index in [0.29, 0.717) is 24.5 Å². The maximum Gasteiger partial charge on any atom is 0.254 e. The number of fused-ring (bicyclic) bond motifs is 1. The van der Waals surface area contributed by atoms with Crippen LogP contribution in [0, 0.1) is 26.7 Å². The van der Waals surface area contributed by atoms with Crippen LogP contribution in [0.3, 0.4) is 0 Å². The van der Waals surface area contributed by atoms with Gasteiger partial charge in [-0.3, -0.25) is 14.6 Å². The van der Waals surface area contributed by atoms with E-state index in [0.717, 1.165) is 40.7 Å². The van der Waals surface area contributed by atoms with Gasteiger partial charge >= 0.3 is 0 Å². The maximum absolute atomic E-state index is 13.4. The summed E-state index contributed by atoms with van der Waals surface area (Å²) in [6.07, 6.45) is 1.56. The fourth-order valence-corrected chi connectivity index (χ4v) is 4.04. The molecule has 0 radical (unpaired) electrons. The SMILES string of the molecule is Cc1ccc2nc(C)cc(C(=O)N3CCCC(C(=O)Nc4cccc(C)n4)C3)c2c1. The van der Waals surface area contributed by atoms with Crippen molar-refractivity contribution in [2.45, 2.75) is 33.6 Å². The van der Waals surface area contributed by atoms with Gasteiger partial charge in [0.2, 0.25) is 5.91 Å². The molecule has 1 saturated heterocycles. The van der Waals surface area contributed by atoms with Crippen molar-refractivity contribution in [2.75, 3.05) is 18.4 Å². The van der Waals surface area contributed by atoms with Crippen molar-refractivity contribution in [3.05, 3.63) is 65.0 Å². The predicted molar refractivity (Wildman–Crippen MR) is 117 cm³/mol. The van der Waals surface area contributed by atoms with Gasteiger partial charge in [-0.25, -0.2) is 4.98 Å². The first-order chi connectivity index (χ1) is 14.4. The van der Waals surface area contributed by atoms with Gasteiger partial charge in [-0.05, 0) is 63.9 Å². The maximum atomic E-state index is 13.4. The van der Waals surface area contributed by atoms with E-state index in [-0.39, 0.29) is 17.7 Å². The monoisotopic (exact) mass is 402 g/mol. The molecular formula is C24H26N4O2. The van der Waals surface area contributed by atoms with Crippen LogP contribution < -0.4 is 5.32 Å². The van der Waals surface area contributed by atoms with Gasteiger partial charge in [0.1, 0.15) is 5.82 Å². The third kappa shape index (κ3) is 4.17. The lowest BCUT2D eigenvalue weighted by Crippen LogP contribution is -2.44. The number of aromatic nitrogens is 2. The first-order valence-corrected chi connectivity index (χ1v) is 10.3. The Labute approximate surface area is 176 Å². The Morgan fingerprint density at radius 2 is 1.87 bits per heavy atom. The van der Waals surface area contributed by atoms with Crippen LogP contribution in [-0.2, 0) is 4.79 Å². The van der Waals surface area contributed by atoms with Crippen molar-refractivity contribution in [1.82, 2.24) is 14.9 Å². The number of likely N-dealkylation sites (tertiary alicyclic amines) is 1. The fraction of sp³-hybridized carbons (Fsp3) is 0.333. The minimum absolute atomic E-state index is 0.0396. The molecule has 0 aliphatic carbocycles. The number of piperidine rings is 1. The summed E-state index contributed by atoms with van der Waals surface area (Å²) in [6.45, 7) is 6.86. The van der Waals surface area contributed by atoms with E-state index in [1.54, 1.807) is 11.0 Å². The summed E-state index contributed by atoms with van der Waals surface area (Å²) in [7, 11) is 0. The predicted octanol–water partition coefficient (Wildman–Crippen LogP) is 4.05. The van der Waals surface area contributed by atoms with Gasteiger partial charge in [0, 0.05) is 29.9 Å². The molecular weight excluding hydrogens is 376 g/mol. The third-order valence-electron chi connectivity index (χ3n) is 5.54. The molecule has 1 N–H and O–H groups in total. The van der Waals surface area contributed by atoms with Crippen LogP contribution in [0.15, 0.2) is 42.5 Å². The largest absolute Gasteiger partial charge is 0.338 e. The lowest BCUT2D eigenvalue weighted by atomic mass is 9.95. The Morgan fingerprint density at radius 3 is 2.67 bits per heavy atom. The van der Waals surface area contributed by atoms with Crippen LogP contribution in [0.2, 0.25) is 0 Å². The number of carbonyl (C=O) groups excluding carboxylic acids is 2. The fourth-order valence-electron chi connectivity index (χ4n) is 4.04. The van der Waals surface area contributed by atoms with Crippen molar-refractivity contribution in [1.29, 1.82) is 0 Å². The molecule has 1 atom stereocenters. The number of pyridine rings is 2. The number of aryl methyl sites for hydroxylation is 3. The standard InChI is InChI=1S/C24H26N4O2/c1-15-9-10-21-19(12-15)20(13-17(3)25-21)24(30)28-11-5-7-18(14-28)23(29)27-22-8-4-6-16(2)26-22/h4,6,8-10,12-13,18H,5,7,11,14H2,1-3H3,(H,26,27,29). The van der Waals surface area contributed by atoms with Gasteiger partial charge in [-0.15, -0.1) is 0 Å². The van der Waals surface area contributed by atoms with E-state index in [1.807, 2.05) is 57.2 Å². The number of hydrogen-bond donors (Lipinski definition) is 1. The summed E-state index contributed by atoms with van der Waals surface area (Å²) in [5, 5.41) is 3.76. The van der Waals surface area contributed by atoms with Crippen molar-refractivity contribution in [3.8, 4) is 0 Å². The quantitative estimate of drug-likeness (QED) is 0.717. The second kappa shape index (κ2) is 8.22. The van der Waals surface area contributed by atoms with Gasteiger partial charge in [-0.1, -0.05) is 17.7 Å². The number of carbonyl (C=O) groups is 2. The topological polar surface area (TPSA) is 75.2 Å². The highest BCUT2D eigenvalue weighted by Crippen LogP contribution is 2.25. The highest BCUT2D eigenvalue weighted by atomic mass is 16.2. The summed E-state index contributed by atoms with van der Waals surface area (Å²) >= 11 is 0. The normalized spacial score (nSPS) is 16.5. The van der Waals surface area contributed by atoms with E-state index in [4.69, 9.17) is 0 Å². The first kappa shape index (κ1) is 20.0. The second-order valence-electron chi connectivity index (χ2n) is 8.08. The molecule has 30 heavy (non-hydrogen) atoms. The molecule has 1 fully saturated rings. The van der Waals surface area contributed by atoms with Gasteiger partial charge in [0.25, 0.3) is 5.91 Å². The van der Waals surface area contributed by atoms with Crippen LogP contribution in [0.1, 0.15) is 40.2 Å². The molecule has 6 nitrogen and oxygen atoms in total. The molecule has 6 heteroatoms. The molecule has 2 aromatic heterocycles. The molecule has 4 rings (SSSR count). The average Bonchev–Trinajstić information content (AvgIpc) is 2.73. The molecule has 1 aliphatic heterocycles. The van der Waals surface area contributed by atoms with Crippen molar-refractivity contribution < 1.29 is 9.59 Å². The van der Waals surface area contributed by atoms with Gasteiger partial charge < -0.3 is 10.2 Å². The summed E-state index contributed by atoms with van der Waals surface area (Å²) < 4.78 is 0. The minimum Gasteiger partial charge on any atom is -0.338 e. The van der Waals surface area contributed by atoms with Gasteiger partial charge in [-0.2, -0.15) is 0 Å². The second-order valence-corrected chi connectivity index (χ2v) is 8.08. The number of nitrogens with one attached hydrogen (secondary N) is 1. The molecule has 0 bridgehead atoms. The molecule has 1 aliphatic rings. The van der Waals surface area contributed by atoms with Gasteiger partial charge in [0.05, 0.1) is 17.0 Å². The van der Waals surface area contributed by atoms with Crippen molar-refractivity contribution in [3.63, 3.8) is 0 Å². The number of nitrogens with zero attached hydrogens (tertiary/aromatic N) is 3. The van der Waals surface area contributed by atoms with E-state index in [2.05, 4.69) is 15.3 Å². The molecule has 1 unspecified atom stereocenters. The molecule has 1 aromatic carbocycles. The van der Waals surface area contributed by atoms with Crippen LogP contribution >= 0.6 is 0 Å². The van der Waals surface area contributed by atoms with Crippen LogP contribution in [0.4, 0.5) is 5.82 Å². The molecule has 2 amide bonds. The van der Waals surface area contributed by atoms with E-state index in [9.17, 15) is 9.59 Å². The van der Waals surface area contributed by atoms with Crippen molar-refractivity contribution in [2.24, 2.45) is 5.92 Å². The lowest BCUT2D eigenvalue weighted by molar-refractivity contribution is -0.121. The Balaban J connectivity index is 1.55. The summed E-state index contributed by atoms with van der Waals surface area (Å²) in [5.41, 5.74) is 4.22. The zero-order chi connectivity index (χ0) is 21.3. The number of benzene rings is 1. The molecule has 3 aromatic rings. The number of anilines is 1. The zero-order valence-corrected chi connectivity index (χ0v) is 17.6. The summed E-state index contributed by atoms with van der Waals surface area (Å²) in [6, 6.07) is 13.4. The summed E-state index contributed by atoms with van der Waals surface area (Å²) in [5.74, 6) is 0.176. The highest BCUT2D eigenvalue weighted by molar-refractivity contribution is 6.06. The zero-order valence-electron chi connectivity index (χ0n) is 17.6. The number of hydrogen-bond acceptors (Lipinski definition) is 4. The van der Waals surface area contributed by atoms with E-state index >= 15 is 0 Å². The average molecular weight is 402 g/mol. The van der Waals surface area contributed by atoms with Crippen LogP contribution in [0.25, 0.3) is 10.9 Å². The Kier molecular flexibility index (Phi) is 5.48. The van der Waals surface area contributed by atoms with Crippen LogP contribution in [0.5, 0.6) is 0 Å². The van der Waals surface area contributed by atoms with E-state index in [1.165, 1.54) is 0 Å². The Bertz CT molecular complexity index is 1130. The minimum atomic E-state index is -0.249. The lowest BCUT2D eigenvalue weighted by Gasteiger charge is -2.32. The highest BCUT2D eigenvalue weighted by Gasteiger charge is 2.30. The molecule has 0 saturated carbocycles. The van der Waals surface area contributed by atoms with E-state index < -0.39 is 0 Å². The Hall–Kier alpha value is -3.28. The molecule has 154 valence electrons.